The molecule has 4 N–H and O–H groups in total. The van der Waals surface area contributed by atoms with Crippen molar-refractivity contribution in [3.63, 3.8) is 0 Å². The number of nitrogens with two attached hydrogens (primary N) is 1. The number of nitrogens with one attached hydrogen (secondary N) is 1. The van der Waals surface area contributed by atoms with Crippen molar-refractivity contribution in [2.24, 2.45) is 0 Å². The number of fused-ring (bicyclic) bond motifs is 1. The molecule has 2 heterocycles. The summed E-state index contributed by atoms with van der Waals surface area (Å²) in [5.41, 5.74) is 10.1. The van der Waals surface area contributed by atoms with Crippen molar-refractivity contribution < 1.29 is 14.7 Å². The van der Waals surface area contributed by atoms with Crippen LogP contribution in [0.5, 0.6) is 0 Å². The quantitative estimate of drug-likeness (QED) is 0.575. The number of aliphatic carboxylic acids is 1. The van der Waals surface area contributed by atoms with Gasteiger partial charge in [-0.1, -0.05) is 25.5 Å². The third-order valence-corrected chi connectivity index (χ3v) is 4.13. The maximum absolute atomic E-state index is 11.9. The van der Waals surface area contributed by atoms with Gasteiger partial charge in [-0.2, -0.15) is 0 Å². The Morgan fingerprint density at radius 1 is 1.11 bits per heavy atom. The van der Waals surface area contributed by atoms with Gasteiger partial charge in [0.2, 0.25) is 11.9 Å². The largest absolute Gasteiger partial charge is 0.481 e. The second kappa shape index (κ2) is 8.43. The van der Waals surface area contributed by atoms with E-state index in [4.69, 9.17) is 15.8 Å². The van der Waals surface area contributed by atoms with Crippen LogP contribution >= 0.6 is 0 Å². The number of nitrogens with zero attached hydrogens (tertiary/aromatic N) is 3. The van der Waals surface area contributed by atoms with Gasteiger partial charge in [0.1, 0.15) is 5.52 Å². The summed E-state index contributed by atoms with van der Waals surface area (Å²) in [6.45, 7) is 2.06. The number of aromatic nitrogens is 3. The van der Waals surface area contributed by atoms with Crippen molar-refractivity contribution in [3.8, 4) is 11.3 Å². The average molecular weight is 379 g/mol. The van der Waals surface area contributed by atoms with Crippen LogP contribution < -0.4 is 11.1 Å². The summed E-state index contributed by atoms with van der Waals surface area (Å²) >= 11 is 0. The van der Waals surface area contributed by atoms with E-state index < -0.39 is 5.97 Å². The van der Waals surface area contributed by atoms with E-state index in [9.17, 15) is 9.59 Å². The summed E-state index contributed by atoms with van der Waals surface area (Å²) in [6, 6.07) is 10.9. The van der Waals surface area contributed by atoms with E-state index in [1.807, 2.05) is 18.2 Å². The highest BCUT2D eigenvalue weighted by Gasteiger charge is 2.11. The standard InChI is InChI=1S/C20H21N5O3/c1-2-4-15-19-16(25-20(21)24-15)8-7-14(23-19)12-5-3-6-13(11-12)22-17(26)9-10-18(27)28/h3,5-8,11H,2,4,9-10H2,1H3,(H,22,26)(H,27,28)(H2,21,24,25). The highest BCUT2D eigenvalue weighted by Crippen LogP contribution is 2.25. The molecule has 3 rings (SSSR count). The molecule has 0 aliphatic carbocycles. The second-order valence-corrected chi connectivity index (χ2v) is 6.37. The fourth-order valence-corrected chi connectivity index (χ4v) is 2.87. The third-order valence-electron chi connectivity index (χ3n) is 4.13. The van der Waals surface area contributed by atoms with Gasteiger partial charge in [0.05, 0.1) is 23.3 Å². The maximum atomic E-state index is 11.9. The average Bonchev–Trinajstić information content (AvgIpc) is 2.66. The normalized spacial score (nSPS) is 10.8. The Kier molecular flexibility index (Phi) is 5.78. The lowest BCUT2D eigenvalue weighted by atomic mass is 10.1. The van der Waals surface area contributed by atoms with Gasteiger partial charge < -0.3 is 16.2 Å². The van der Waals surface area contributed by atoms with Crippen molar-refractivity contribution in [2.75, 3.05) is 11.1 Å². The van der Waals surface area contributed by atoms with Crippen molar-refractivity contribution >= 4 is 34.5 Å². The Balaban J connectivity index is 1.90. The molecule has 144 valence electrons. The zero-order chi connectivity index (χ0) is 20.1. The van der Waals surface area contributed by atoms with Crippen LogP contribution in [-0.4, -0.2) is 31.9 Å². The minimum atomic E-state index is -1.00. The fraction of sp³-hybridized carbons (Fsp3) is 0.250. The molecule has 0 unspecified atom stereocenters. The number of pyridine rings is 1. The Morgan fingerprint density at radius 3 is 2.68 bits per heavy atom. The molecular formula is C20H21N5O3. The van der Waals surface area contributed by atoms with Gasteiger partial charge in [0, 0.05) is 17.7 Å². The SMILES string of the molecule is CCCc1nc(N)nc2ccc(-c3cccc(NC(=O)CCC(=O)O)c3)nc12. The van der Waals surface area contributed by atoms with E-state index in [-0.39, 0.29) is 24.7 Å². The van der Waals surface area contributed by atoms with Crippen LogP contribution in [0.15, 0.2) is 36.4 Å². The topological polar surface area (TPSA) is 131 Å². The van der Waals surface area contributed by atoms with E-state index in [1.54, 1.807) is 18.2 Å². The molecule has 8 heteroatoms. The number of carbonyl (C=O) groups excluding carboxylic acids is 1. The van der Waals surface area contributed by atoms with E-state index in [0.29, 0.717) is 16.7 Å². The zero-order valence-corrected chi connectivity index (χ0v) is 15.5. The lowest BCUT2D eigenvalue weighted by molar-refractivity contribution is -0.138. The van der Waals surface area contributed by atoms with E-state index in [2.05, 4.69) is 22.2 Å². The van der Waals surface area contributed by atoms with Crippen molar-refractivity contribution in [3.05, 3.63) is 42.1 Å². The minimum Gasteiger partial charge on any atom is -0.481 e. The molecular weight excluding hydrogens is 358 g/mol. The molecule has 3 aromatic rings. The van der Waals surface area contributed by atoms with Crippen LogP contribution in [0.3, 0.4) is 0 Å². The van der Waals surface area contributed by atoms with Gasteiger partial charge in [-0.25, -0.2) is 15.0 Å². The number of carbonyl (C=O) groups is 2. The number of hydrogen-bond acceptors (Lipinski definition) is 6. The highest BCUT2D eigenvalue weighted by atomic mass is 16.4. The lowest BCUT2D eigenvalue weighted by Gasteiger charge is -2.09. The first-order valence-corrected chi connectivity index (χ1v) is 9.01. The predicted molar refractivity (Wildman–Crippen MR) is 107 cm³/mol. The summed E-state index contributed by atoms with van der Waals surface area (Å²) in [5.74, 6) is -1.12. The van der Waals surface area contributed by atoms with Crippen LogP contribution in [-0.2, 0) is 16.0 Å². The Labute approximate surface area is 161 Å². The first kappa shape index (κ1) is 19.2. The number of anilines is 2. The summed E-state index contributed by atoms with van der Waals surface area (Å²) < 4.78 is 0. The number of carboxylic acid groups (broad SMARTS) is 1. The predicted octanol–water partition coefficient (Wildman–Crippen LogP) is 3.03. The molecule has 0 radical (unpaired) electrons. The van der Waals surface area contributed by atoms with Crippen LogP contribution in [0.4, 0.5) is 11.6 Å². The third kappa shape index (κ3) is 4.59. The van der Waals surface area contributed by atoms with Crippen LogP contribution in [0.1, 0.15) is 31.9 Å². The van der Waals surface area contributed by atoms with Gasteiger partial charge in [0.25, 0.3) is 0 Å². The molecule has 0 spiro atoms. The molecule has 0 aliphatic heterocycles. The van der Waals surface area contributed by atoms with Crippen molar-refractivity contribution in [1.82, 2.24) is 15.0 Å². The molecule has 8 nitrogen and oxygen atoms in total. The molecule has 0 atom stereocenters. The van der Waals surface area contributed by atoms with Gasteiger partial charge in [-0.05, 0) is 30.7 Å². The van der Waals surface area contributed by atoms with E-state index >= 15 is 0 Å². The number of rotatable bonds is 7. The number of aryl methyl sites for hydroxylation is 1. The zero-order valence-electron chi connectivity index (χ0n) is 15.5. The molecule has 28 heavy (non-hydrogen) atoms. The summed E-state index contributed by atoms with van der Waals surface area (Å²) in [7, 11) is 0. The van der Waals surface area contributed by atoms with E-state index in [1.165, 1.54) is 0 Å². The Bertz CT molecular complexity index is 1040. The summed E-state index contributed by atoms with van der Waals surface area (Å²) in [5, 5.41) is 11.4. The smallest absolute Gasteiger partial charge is 0.303 e. The summed E-state index contributed by atoms with van der Waals surface area (Å²) in [6.07, 6.45) is 1.38. The maximum Gasteiger partial charge on any atom is 0.303 e. The molecule has 2 aromatic heterocycles. The van der Waals surface area contributed by atoms with Gasteiger partial charge in [-0.15, -0.1) is 0 Å². The van der Waals surface area contributed by atoms with Gasteiger partial charge >= 0.3 is 5.97 Å². The number of benzene rings is 1. The van der Waals surface area contributed by atoms with Crippen LogP contribution in [0, 0.1) is 0 Å². The molecule has 0 saturated carbocycles. The molecule has 0 aliphatic rings. The highest BCUT2D eigenvalue weighted by molar-refractivity contribution is 5.93. The Hall–Kier alpha value is -3.55. The molecule has 1 aromatic carbocycles. The lowest BCUT2D eigenvalue weighted by Crippen LogP contribution is -2.13. The monoisotopic (exact) mass is 379 g/mol. The van der Waals surface area contributed by atoms with Gasteiger partial charge in [-0.3, -0.25) is 9.59 Å². The minimum absolute atomic E-state index is 0.0765. The van der Waals surface area contributed by atoms with Crippen LogP contribution in [0.2, 0.25) is 0 Å². The number of nitrogen functional groups attached to an aromatic ring is 1. The molecule has 1 amide bonds. The molecule has 0 fully saturated rings. The Morgan fingerprint density at radius 2 is 1.93 bits per heavy atom. The number of carboxylic acids is 1. The number of hydrogen-bond donors (Lipinski definition) is 3. The van der Waals surface area contributed by atoms with Crippen molar-refractivity contribution in [2.45, 2.75) is 32.6 Å². The summed E-state index contributed by atoms with van der Waals surface area (Å²) in [4.78, 5) is 35.7. The van der Waals surface area contributed by atoms with Gasteiger partial charge in [0.15, 0.2) is 0 Å². The molecule has 0 bridgehead atoms. The van der Waals surface area contributed by atoms with Crippen molar-refractivity contribution in [1.29, 1.82) is 0 Å². The molecule has 0 saturated heterocycles. The fourth-order valence-electron chi connectivity index (χ4n) is 2.87. The van der Waals surface area contributed by atoms with E-state index in [0.717, 1.165) is 29.8 Å². The second-order valence-electron chi connectivity index (χ2n) is 6.37. The first-order chi connectivity index (χ1) is 13.5. The first-order valence-electron chi connectivity index (χ1n) is 9.01. The van der Waals surface area contributed by atoms with Crippen LogP contribution in [0.25, 0.3) is 22.3 Å². The number of amides is 1.